The molecule has 0 bridgehead atoms. The predicted molar refractivity (Wildman–Crippen MR) is 74.6 cm³/mol. The zero-order chi connectivity index (χ0) is 14.5. The lowest BCUT2D eigenvalue weighted by Crippen LogP contribution is -2.20. The van der Waals surface area contributed by atoms with Crippen molar-refractivity contribution >= 4 is 21.7 Å². The average Bonchev–Trinajstić information content (AvgIpc) is 2.24. The molecule has 0 aromatic heterocycles. The van der Waals surface area contributed by atoms with Crippen molar-refractivity contribution in [2.24, 2.45) is 5.92 Å². The summed E-state index contributed by atoms with van der Waals surface area (Å²) in [7, 11) is -3.35. The van der Waals surface area contributed by atoms with Crippen molar-refractivity contribution in [3.05, 3.63) is 29.8 Å². The summed E-state index contributed by atoms with van der Waals surface area (Å²) in [5.74, 6) is -0.759. The fraction of sp³-hybridized carbons (Fsp3) is 0.462. The quantitative estimate of drug-likeness (QED) is 0.803. The van der Waals surface area contributed by atoms with Gasteiger partial charge in [-0.2, -0.15) is 0 Å². The van der Waals surface area contributed by atoms with Crippen LogP contribution >= 0.6 is 0 Å². The molecular weight excluding hydrogens is 266 g/mol. The van der Waals surface area contributed by atoms with Gasteiger partial charge in [-0.05, 0) is 30.0 Å². The van der Waals surface area contributed by atoms with E-state index in [2.05, 4.69) is 4.72 Å². The van der Waals surface area contributed by atoms with Crippen LogP contribution in [0.5, 0.6) is 0 Å². The number of aryl methyl sites for hydroxylation is 1. The predicted octanol–water partition coefficient (Wildman–Crippen LogP) is 2.10. The fourth-order valence-corrected chi connectivity index (χ4v) is 3.15. The molecule has 0 saturated carbocycles. The second-order valence-corrected chi connectivity index (χ2v) is 6.64. The van der Waals surface area contributed by atoms with Gasteiger partial charge < -0.3 is 5.11 Å². The molecule has 106 valence electrons. The number of carboxylic acid groups (broad SMARTS) is 1. The molecule has 1 aromatic rings. The number of carboxylic acids is 1. The van der Waals surface area contributed by atoms with E-state index in [1.54, 1.807) is 24.3 Å². The van der Waals surface area contributed by atoms with Crippen molar-refractivity contribution in [3.8, 4) is 0 Å². The van der Waals surface area contributed by atoms with E-state index in [4.69, 9.17) is 5.11 Å². The van der Waals surface area contributed by atoms with Gasteiger partial charge in [0.2, 0.25) is 10.0 Å². The molecule has 0 atom stereocenters. The summed E-state index contributed by atoms with van der Waals surface area (Å²) in [5.41, 5.74) is 1.27. The zero-order valence-electron chi connectivity index (χ0n) is 11.1. The van der Waals surface area contributed by atoms with Crippen LogP contribution in [0.25, 0.3) is 0 Å². The molecule has 0 aliphatic carbocycles. The molecular formula is C13H19NO4S. The Balaban J connectivity index is 2.74. The van der Waals surface area contributed by atoms with Gasteiger partial charge in [-0.3, -0.25) is 9.52 Å². The fourth-order valence-electron chi connectivity index (χ4n) is 1.70. The molecule has 1 aromatic carbocycles. The first-order valence-corrected chi connectivity index (χ1v) is 7.75. The Morgan fingerprint density at radius 2 is 2.05 bits per heavy atom. The number of hydrogen-bond acceptors (Lipinski definition) is 3. The second kappa shape index (κ2) is 6.56. The SMILES string of the molecule is CC(C)CS(=O)(=O)Nc1cccc(CCC(=O)O)c1. The minimum Gasteiger partial charge on any atom is -0.481 e. The average molecular weight is 285 g/mol. The third kappa shape index (κ3) is 6.24. The Bertz CT molecular complexity index is 537. The van der Waals surface area contributed by atoms with Gasteiger partial charge in [-0.15, -0.1) is 0 Å². The summed E-state index contributed by atoms with van der Waals surface area (Å²) in [6.07, 6.45) is 0.414. The highest BCUT2D eigenvalue weighted by Gasteiger charge is 2.12. The van der Waals surface area contributed by atoms with E-state index in [0.29, 0.717) is 12.1 Å². The van der Waals surface area contributed by atoms with Crippen LogP contribution in [0.15, 0.2) is 24.3 Å². The summed E-state index contributed by atoms with van der Waals surface area (Å²) >= 11 is 0. The van der Waals surface area contributed by atoms with Gasteiger partial charge >= 0.3 is 5.97 Å². The van der Waals surface area contributed by atoms with Crippen LogP contribution in [0.3, 0.4) is 0 Å². The van der Waals surface area contributed by atoms with Crippen molar-refractivity contribution in [3.63, 3.8) is 0 Å². The van der Waals surface area contributed by atoms with Crippen molar-refractivity contribution in [2.45, 2.75) is 26.7 Å². The van der Waals surface area contributed by atoms with E-state index in [1.807, 2.05) is 13.8 Å². The van der Waals surface area contributed by atoms with Gasteiger partial charge in [0.15, 0.2) is 0 Å². The standard InChI is InChI=1S/C13H19NO4S/c1-10(2)9-19(17,18)14-12-5-3-4-11(8-12)6-7-13(15)16/h3-5,8,10,14H,6-7,9H2,1-2H3,(H,15,16). The lowest BCUT2D eigenvalue weighted by molar-refractivity contribution is -0.136. The van der Waals surface area contributed by atoms with Crippen LogP contribution in [-0.4, -0.2) is 25.2 Å². The summed E-state index contributed by atoms with van der Waals surface area (Å²) in [6.45, 7) is 3.67. The van der Waals surface area contributed by atoms with E-state index in [1.165, 1.54) is 0 Å². The van der Waals surface area contributed by atoms with E-state index in [0.717, 1.165) is 5.56 Å². The highest BCUT2D eigenvalue weighted by Crippen LogP contribution is 2.15. The van der Waals surface area contributed by atoms with Gasteiger partial charge in [0.05, 0.1) is 5.75 Å². The molecule has 2 N–H and O–H groups in total. The molecule has 0 amide bonds. The molecule has 0 aliphatic heterocycles. The van der Waals surface area contributed by atoms with Gasteiger partial charge in [-0.25, -0.2) is 8.42 Å². The van der Waals surface area contributed by atoms with Gasteiger partial charge in [0.25, 0.3) is 0 Å². The topological polar surface area (TPSA) is 83.5 Å². The number of carbonyl (C=O) groups is 1. The molecule has 0 radical (unpaired) electrons. The lowest BCUT2D eigenvalue weighted by Gasteiger charge is -2.10. The number of aliphatic carboxylic acids is 1. The van der Waals surface area contributed by atoms with E-state index in [9.17, 15) is 13.2 Å². The number of nitrogens with one attached hydrogen (secondary N) is 1. The highest BCUT2D eigenvalue weighted by atomic mass is 32.2. The van der Waals surface area contributed by atoms with Crippen LogP contribution in [0.1, 0.15) is 25.8 Å². The van der Waals surface area contributed by atoms with E-state index < -0.39 is 16.0 Å². The molecule has 6 heteroatoms. The maximum absolute atomic E-state index is 11.8. The summed E-state index contributed by atoms with van der Waals surface area (Å²) in [6, 6.07) is 6.82. The Morgan fingerprint density at radius 1 is 1.37 bits per heavy atom. The summed E-state index contributed by atoms with van der Waals surface area (Å²) < 4.78 is 26.1. The maximum Gasteiger partial charge on any atom is 0.303 e. The van der Waals surface area contributed by atoms with E-state index >= 15 is 0 Å². The Kier molecular flexibility index (Phi) is 5.35. The second-order valence-electron chi connectivity index (χ2n) is 4.87. The van der Waals surface area contributed by atoms with Crippen molar-refractivity contribution in [1.29, 1.82) is 0 Å². The largest absolute Gasteiger partial charge is 0.481 e. The van der Waals surface area contributed by atoms with Crippen molar-refractivity contribution in [1.82, 2.24) is 0 Å². The first kappa shape index (κ1) is 15.5. The van der Waals surface area contributed by atoms with Crippen LogP contribution in [0.4, 0.5) is 5.69 Å². The molecule has 0 unspecified atom stereocenters. The first-order chi connectivity index (χ1) is 8.78. The zero-order valence-corrected chi connectivity index (χ0v) is 11.9. The smallest absolute Gasteiger partial charge is 0.303 e. The van der Waals surface area contributed by atoms with Crippen LogP contribution in [-0.2, 0) is 21.2 Å². The minimum absolute atomic E-state index is 0.0300. The first-order valence-electron chi connectivity index (χ1n) is 6.10. The van der Waals surface area contributed by atoms with Gasteiger partial charge in [0, 0.05) is 12.1 Å². The third-order valence-corrected chi connectivity index (χ3v) is 4.03. The number of rotatable bonds is 7. The van der Waals surface area contributed by atoms with Crippen molar-refractivity contribution in [2.75, 3.05) is 10.5 Å². The molecule has 0 saturated heterocycles. The molecule has 0 heterocycles. The molecule has 1 rings (SSSR count). The van der Waals surface area contributed by atoms with Gasteiger partial charge in [-0.1, -0.05) is 26.0 Å². The molecule has 0 aliphatic rings. The Morgan fingerprint density at radius 3 is 2.63 bits per heavy atom. The number of sulfonamides is 1. The van der Waals surface area contributed by atoms with Gasteiger partial charge in [0.1, 0.15) is 0 Å². The molecule has 19 heavy (non-hydrogen) atoms. The van der Waals surface area contributed by atoms with Crippen LogP contribution < -0.4 is 4.72 Å². The number of anilines is 1. The summed E-state index contributed by atoms with van der Waals surface area (Å²) in [5, 5.41) is 8.62. The van der Waals surface area contributed by atoms with Crippen LogP contribution in [0.2, 0.25) is 0 Å². The Labute approximate surface area is 113 Å². The third-order valence-electron chi connectivity index (χ3n) is 2.38. The minimum atomic E-state index is -3.35. The number of hydrogen-bond donors (Lipinski definition) is 2. The highest BCUT2D eigenvalue weighted by molar-refractivity contribution is 7.92. The Hall–Kier alpha value is -1.56. The van der Waals surface area contributed by atoms with E-state index in [-0.39, 0.29) is 18.1 Å². The maximum atomic E-state index is 11.8. The monoisotopic (exact) mass is 285 g/mol. The van der Waals surface area contributed by atoms with Crippen molar-refractivity contribution < 1.29 is 18.3 Å². The van der Waals surface area contributed by atoms with Crippen LogP contribution in [0, 0.1) is 5.92 Å². The number of benzene rings is 1. The molecule has 0 spiro atoms. The lowest BCUT2D eigenvalue weighted by atomic mass is 10.1. The molecule has 5 nitrogen and oxygen atoms in total. The normalized spacial score (nSPS) is 11.5. The summed E-state index contributed by atoms with van der Waals surface area (Å²) in [4.78, 5) is 10.5. The molecule has 0 fully saturated rings.